The summed E-state index contributed by atoms with van der Waals surface area (Å²) in [4.78, 5) is 28.5. The van der Waals surface area contributed by atoms with Crippen LogP contribution in [0, 0.1) is 5.92 Å². The summed E-state index contributed by atoms with van der Waals surface area (Å²) in [5, 5.41) is 2.97. The fourth-order valence-corrected chi connectivity index (χ4v) is 3.82. The van der Waals surface area contributed by atoms with Gasteiger partial charge in [0.1, 0.15) is 0 Å². The molecule has 28 heavy (non-hydrogen) atoms. The van der Waals surface area contributed by atoms with E-state index in [4.69, 9.17) is 0 Å². The van der Waals surface area contributed by atoms with Crippen LogP contribution in [0.15, 0.2) is 24.3 Å². The van der Waals surface area contributed by atoms with E-state index in [0.29, 0.717) is 45.2 Å². The minimum Gasteiger partial charge on any atom is -0.352 e. The molecule has 1 aromatic carbocycles. The molecule has 0 radical (unpaired) electrons. The lowest BCUT2D eigenvalue weighted by atomic mass is 10.1. The maximum Gasteiger partial charge on any atom is 0.416 e. The minimum atomic E-state index is -4.34. The lowest BCUT2D eigenvalue weighted by molar-refractivity contribution is -0.138. The highest BCUT2D eigenvalue weighted by Gasteiger charge is 2.46. The molecule has 0 spiro atoms. The Bertz CT molecular complexity index is 738. The highest BCUT2D eigenvalue weighted by molar-refractivity contribution is 5.83. The molecule has 2 aliphatic carbocycles. The molecule has 4 rings (SSSR count). The third-order valence-electron chi connectivity index (χ3n) is 5.77. The summed E-state index contributed by atoms with van der Waals surface area (Å²) in [5.41, 5.74) is 0.128. The first-order valence-electron chi connectivity index (χ1n) is 9.79. The van der Waals surface area contributed by atoms with Gasteiger partial charge in [0.2, 0.25) is 11.8 Å². The Balaban J connectivity index is 1.24. The van der Waals surface area contributed by atoms with Gasteiger partial charge in [-0.25, -0.2) is 0 Å². The zero-order valence-corrected chi connectivity index (χ0v) is 15.5. The first kappa shape index (κ1) is 19.2. The first-order valence-corrected chi connectivity index (χ1v) is 9.79. The Morgan fingerprint density at radius 2 is 1.68 bits per heavy atom. The van der Waals surface area contributed by atoms with Gasteiger partial charge in [-0.3, -0.25) is 14.5 Å². The van der Waals surface area contributed by atoms with Gasteiger partial charge in [-0.2, -0.15) is 13.2 Å². The normalized spacial score (nSPS) is 25.5. The predicted molar refractivity (Wildman–Crippen MR) is 96.5 cm³/mol. The first-order chi connectivity index (χ1) is 13.3. The molecule has 2 amide bonds. The molecule has 3 fully saturated rings. The van der Waals surface area contributed by atoms with E-state index in [-0.39, 0.29) is 23.7 Å². The molecule has 3 aliphatic rings. The fraction of sp³-hybridized carbons (Fsp3) is 0.600. The molecule has 152 valence electrons. The van der Waals surface area contributed by atoms with E-state index < -0.39 is 11.7 Å². The zero-order chi connectivity index (χ0) is 19.9. The monoisotopic (exact) mass is 395 g/mol. The average Bonchev–Trinajstić information content (AvgIpc) is 3.56. The van der Waals surface area contributed by atoms with Crippen molar-refractivity contribution >= 4 is 11.8 Å². The van der Waals surface area contributed by atoms with Crippen molar-refractivity contribution in [1.29, 1.82) is 0 Å². The van der Waals surface area contributed by atoms with Gasteiger partial charge in [0.05, 0.1) is 12.1 Å². The largest absolute Gasteiger partial charge is 0.416 e. The van der Waals surface area contributed by atoms with Crippen LogP contribution in [0.1, 0.15) is 36.3 Å². The van der Waals surface area contributed by atoms with Gasteiger partial charge >= 0.3 is 6.18 Å². The number of nitrogens with one attached hydrogen (secondary N) is 1. The second kappa shape index (κ2) is 7.39. The van der Waals surface area contributed by atoms with Crippen molar-refractivity contribution in [2.24, 2.45) is 5.92 Å². The quantitative estimate of drug-likeness (QED) is 0.832. The van der Waals surface area contributed by atoms with Gasteiger partial charge in [-0.1, -0.05) is 12.1 Å². The van der Waals surface area contributed by atoms with Crippen LogP contribution in [0.3, 0.4) is 0 Å². The van der Waals surface area contributed by atoms with Crippen LogP contribution < -0.4 is 5.32 Å². The molecule has 1 N–H and O–H groups in total. The Kier molecular flexibility index (Phi) is 5.07. The summed E-state index contributed by atoms with van der Waals surface area (Å²) in [5.74, 6) is -0.00241. The van der Waals surface area contributed by atoms with Crippen LogP contribution in [0.2, 0.25) is 0 Å². The summed E-state index contributed by atoms with van der Waals surface area (Å²) in [7, 11) is 0. The molecule has 1 heterocycles. The third-order valence-corrected chi connectivity index (χ3v) is 5.77. The second-order valence-corrected chi connectivity index (χ2v) is 8.01. The number of hydrogen-bond acceptors (Lipinski definition) is 3. The highest BCUT2D eigenvalue weighted by atomic mass is 19.4. The number of carbonyl (C=O) groups is 2. The SMILES string of the molecule is O=C(CN1CCN(C(=O)C2CC2c2ccc(C(F)(F)F)cc2)CC1)NC1CC1. The molecule has 1 aromatic rings. The summed E-state index contributed by atoms with van der Waals surface area (Å²) in [6.45, 7) is 2.89. The lowest BCUT2D eigenvalue weighted by Gasteiger charge is -2.34. The number of rotatable bonds is 5. The van der Waals surface area contributed by atoms with Crippen LogP contribution in [0.4, 0.5) is 13.2 Å². The van der Waals surface area contributed by atoms with Crippen molar-refractivity contribution in [1.82, 2.24) is 15.1 Å². The maximum atomic E-state index is 12.7. The van der Waals surface area contributed by atoms with Crippen LogP contribution in [-0.2, 0) is 15.8 Å². The van der Waals surface area contributed by atoms with Crippen molar-refractivity contribution in [3.8, 4) is 0 Å². The van der Waals surface area contributed by atoms with Crippen molar-refractivity contribution in [3.63, 3.8) is 0 Å². The number of hydrogen-bond donors (Lipinski definition) is 1. The molecule has 8 heteroatoms. The lowest BCUT2D eigenvalue weighted by Crippen LogP contribution is -2.51. The van der Waals surface area contributed by atoms with E-state index in [1.165, 1.54) is 12.1 Å². The molecule has 5 nitrogen and oxygen atoms in total. The molecule has 0 bridgehead atoms. The summed E-state index contributed by atoms with van der Waals surface area (Å²) in [6.07, 6.45) is -1.52. The third kappa shape index (κ3) is 4.48. The summed E-state index contributed by atoms with van der Waals surface area (Å²) in [6, 6.07) is 5.49. The Hall–Kier alpha value is -2.09. The number of halogens is 3. The summed E-state index contributed by atoms with van der Waals surface area (Å²) >= 11 is 0. The van der Waals surface area contributed by atoms with Crippen molar-refractivity contribution in [2.75, 3.05) is 32.7 Å². The molecule has 2 unspecified atom stereocenters. The van der Waals surface area contributed by atoms with E-state index in [2.05, 4.69) is 10.2 Å². The minimum absolute atomic E-state index is 0.0112. The standard InChI is InChI=1S/C20H24F3N3O2/c21-20(22,23)14-3-1-13(2-4-14)16-11-17(16)19(28)26-9-7-25(8-10-26)12-18(27)24-15-5-6-15/h1-4,15-17H,5-12H2,(H,24,27). The Morgan fingerprint density at radius 3 is 2.25 bits per heavy atom. The van der Waals surface area contributed by atoms with Crippen LogP contribution in [0.25, 0.3) is 0 Å². The smallest absolute Gasteiger partial charge is 0.352 e. The number of benzene rings is 1. The van der Waals surface area contributed by atoms with E-state index in [1.54, 1.807) is 0 Å². The van der Waals surface area contributed by atoms with Crippen LogP contribution >= 0.6 is 0 Å². The zero-order valence-electron chi connectivity index (χ0n) is 15.5. The maximum absolute atomic E-state index is 12.7. The van der Waals surface area contributed by atoms with Crippen molar-refractivity contribution in [3.05, 3.63) is 35.4 Å². The number of alkyl halides is 3. The van der Waals surface area contributed by atoms with Gasteiger partial charge in [-0.05, 0) is 42.9 Å². The molecular weight excluding hydrogens is 371 g/mol. The van der Waals surface area contributed by atoms with Gasteiger partial charge in [-0.15, -0.1) is 0 Å². The summed E-state index contributed by atoms with van der Waals surface area (Å²) < 4.78 is 38.0. The Morgan fingerprint density at radius 1 is 1.04 bits per heavy atom. The topological polar surface area (TPSA) is 52.7 Å². The number of nitrogens with zero attached hydrogens (tertiary/aromatic N) is 2. The van der Waals surface area contributed by atoms with Gasteiger partial charge in [0, 0.05) is 38.1 Å². The highest BCUT2D eigenvalue weighted by Crippen LogP contribution is 2.49. The molecule has 1 saturated heterocycles. The average molecular weight is 395 g/mol. The van der Waals surface area contributed by atoms with Gasteiger partial charge < -0.3 is 10.2 Å². The fourth-order valence-electron chi connectivity index (χ4n) is 3.82. The second-order valence-electron chi connectivity index (χ2n) is 8.01. The van der Waals surface area contributed by atoms with Crippen LogP contribution in [-0.4, -0.2) is 60.4 Å². The predicted octanol–water partition coefficient (Wildman–Crippen LogP) is 2.23. The van der Waals surface area contributed by atoms with Crippen molar-refractivity contribution < 1.29 is 22.8 Å². The van der Waals surface area contributed by atoms with Crippen molar-refractivity contribution in [2.45, 2.75) is 37.4 Å². The van der Waals surface area contributed by atoms with Crippen LogP contribution in [0.5, 0.6) is 0 Å². The molecular formula is C20H24F3N3O2. The molecule has 1 aliphatic heterocycles. The van der Waals surface area contributed by atoms with E-state index >= 15 is 0 Å². The number of carbonyl (C=O) groups excluding carboxylic acids is 2. The van der Waals surface area contributed by atoms with E-state index in [1.807, 2.05) is 4.90 Å². The van der Waals surface area contributed by atoms with Gasteiger partial charge in [0.15, 0.2) is 0 Å². The van der Waals surface area contributed by atoms with E-state index in [9.17, 15) is 22.8 Å². The Labute approximate surface area is 161 Å². The number of piperazine rings is 1. The molecule has 0 aromatic heterocycles. The molecule has 2 saturated carbocycles. The van der Waals surface area contributed by atoms with Gasteiger partial charge in [0.25, 0.3) is 0 Å². The van der Waals surface area contributed by atoms with E-state index in [0.717, 1.165) is 30.5 Å². The number of amides is 2. The molecule has 2 atom stereocenters.